The topological polar surface area (TPSA) is 63.8 Å². The number of nitrogen functional groups attached to an aromatic ring is 1. The molecule has 1 heterocycles. The molecule has 17 heavy (non-hydrogen) atoms. The number of nitrogens with two attached hydrogens (primary N) is 1. The third kappa shape index (κ3) is 3.75. The van der Waals surface area contributed by atoms with Crippen LogP contribution in [-0.2, 0) is 0 Å². The van der Waals surface area contributed by atoms with Gasteiger partial charge in [0.1, 0.15) is 0 Å². The number of anilines is 3. The van der Waals surface area contributed by atoms with Gasteiger partial charge < -0.3 is 11.1 Å². The first kappa shape index (κ1) is 13.0. The van der Waals surface area contributed by atoms with E-state index in [1.165, 1.54) is 0 Å². The van der Waals surface area contributed by atoms with E-state index in [1.54, 1.807) is 18.5 Å². The van der Waals surface area contributed by atoms with E-state index >= 15 is 0 Å². The van der Waals surface area contributed by atoms with Crippen molar-refractivity contribution in [3.05, 3.63) is 42.2 Å². The minimum Gasteiger partial charge on any atom is -0.399 e. The highest BCUT2D eigenvalue weighted by atomic mass is 15.1. The summed E-state index contributed by atoms with van der Waals surface area (Å²) >= 11 is 0. The maximum absolute atomic E-state index is 5.70. The average Bonchev–Trinajstić information content (AvgIpc) is 2.38. The molecule has 90 valence electrons. The Bertz CT molecular complexity index is 454. The van der Waals surface area contributed by atoms with Crippen molar-refractivity contribution in [2.75, 3.05) is 11.1 Å². The molecule has 0 aliphatic rings. The van der Waals surface area contributed by atoms with Crippen LogP contribution in [0.25, 0.3) is 0 Å². The molecule has 0 atom stereocenters. The van der Waals surface area contributed by atoms with Gasteiger partial charge in [0.05, 0.1) is 0 Å². The van der Waals surface area contributed by atoms with E-state index in [9.17, 15) is 0 Å². The summed E-state index contributed by atoms with van der Waals surface area (Å²) in [5, 5.41) is 3.11. The summed E-state index contributed by atoms with van der Waals surface area (Å²) in [4.78, 5) is 8.16. The quantitative estimate of drug-likeness (QED) is 0.778. The van der Waals surface area contributed by atoms with Gasteiger partial charge in [0.15, 0.2) is 0 Å². The van der Waals surface area contributed by atoms with Crippen LogP contribution in [0.1, 0.15) is 19.4 Å². The molecule has 0 saturated carbocycles. The predicted octanol–water partition coefficient (Wildman–Crippen LogP) is 3.14. The summed E-state index contributed by atoms with van der Waals surface area (Å²) in [5.41, 5.74) is 8.46. The third-order valence-electron chi connectivity index (χ3n) is 2.07. The van der Waals surface area contributed by atoms with Crippen LogP contribution in [0.5, 0.6) is 0 Å². The second kappa shape index (κ2) is 6.48. The monoisotopic (exact) mass is 230 g/mol. The largest absolute Gasteiger partial charge is 0.399 e. The maximum atomic E-state index is 5.70. The number of aromatic nitrogens is 2. The Hall–Kier alpha value is -2.10. The van der Waals surface area contributed by atoms with Gasteiger partial charge in [-0.25, -0.2) is 9.97 Å². The second-order valence-corrected chi connectivity index (χ2v) is 3.27. The minimum atomic E-state index is 0.575. The van der Waals surface area contributed by atoms with Gasteiger partial charge in [-0.05, 0) is 30.7 Å². The Morgan fingerprint density at radius 1 is 1.12 bits per heavy atom. The van der Waals surface area contributed by atoms with E-state index < -0.39 is 0 Å². The summed E-state index contributed by atoms with van der Waals surface area (Å²) in [6.07, 6.45) is 3.38. The molecule has 0 amide bonds. The number of benzene rings is 1. The standard InChI is InChI=1S/C11H12N4.C2H6/c1-8-3-4-9(12)7-10(8)15-11-13-5-2-6-14-11;1-2/h2-7H,12H2,1H3,(H,13,14,15);1-2H3. The van der Waals surface area contributed by atoms with Crippen molar-refractivity contribution in [3.63, 3.8) is 0 Å². The Morgan fingerprint density at radius 3 is 2.41 bits per heavy atom. The highest BCUT2D eigenvalue weighted by Crippen LogP contribution is 2.20. The Kier molecular flexibility index (Phi) is 4.94. The number of nitrogens with zero attached hydrogens (tertiary/aromatic N) is 2. The molecule has 1 aromatic carbocycles. The van der Waals surface area contributed by atoms with E-state index in [1.807, 2.05) is 39.0 Å². The van der Waals surface area contributed by atoms with E-state index in [2.05, 4.69) is 15.3 Å². The lowest BCUT2D eigenvalue weighted by molar-refractivity contribution is 1.16. The Balaban J connectivity index is 0.000000686. The summed E-state index contributed by atoms with van der Waals surface area (Å²) in [5.74, 6) is 0.575. The molecule has 0 aliphatic heterocycles. The van der Waals surface area contributed by atoms with E-state index in [0.29, 0.717) is 5.95 Å². The molecular weight excluding hydrogens is 212 g/mol. The number of aryl methyl sites for hydroxylation is 1. The second-order valence-electron chi connectivity index (χ2n) is 3.27. The average molecular weight is 230 g/mol. The normalized spacial score (nSPS) is 9.12. The molecule has 0 fully saturated rings. The SMILES string of the molecule is CC.Cc1ccc(N)cc1Nc1ncccn1. The van der Waals surface area contributed by atoms with Crippen molar-refractivity contribution in [1.82, 2.24) is 9.97 Å². The Labute approximate surface area is 102 Å². The van der Waals surface area contributed by atoms with Gasteiger partial charge in [0, 0.05) is 23.8 Å². The zero-order valence-corrected chi connectivity index (χ0v) is 10.4. The fraction of sp³-hybridized carbons (Fsp3) is 0.231. The number of hydrogen-bond acceptors (Lipinski definition) is 4. The fourth-order valence-electron chi connectivity index (χ4n) is 1.26. The molecule has 3 N–H and O–H groups in total. The molecule has 0 aliphatic carbocycles. The first-order valence-electron chi connectivity index (χ1n) is 5.66. The van der Waals surface area contributed by atoms with Gasteiger partial charge in [0.25, 0.3) is 0 Å². The molecule has 2 aromatic rings. The van der Waals surface area contributed by atoms with Crippen LogP contribution in [0.15, 0.2) is 36.7 Å². The van der Waals surface area contributed by atoms with Crippen molar-refractivity contribution in [2.24, 2.45) is 0 Å². The van der Waals surface area contributed by atoms with E-state index in [4.69, 9.17) is 5.73 Å². The molecule has 2 rings (SSSR count). The molecule has 0 saturated heterocycles. The van der Waals surface area contributed by atoms with Crippen LogP contribution in [-0.4, -0.2) is 9.97 Å². The first-order chi connectivity index (χ1) is 8.25. The molecule has 0 radical (unpaired) electrons. The lowest BCUT2D eigenvalue weighted by Gasteiger charge is -2.08. The highest BCUT2D eigenvalue weighted by Gasteiger charge is 2.00. The summed E-state index contributed by atoms with van der Waals surface area (Å²) < 4.78 is 0. The van der Waals surface area contributed by atoms with Gasteiger partial charge in [-0.3, -0.25) is 0 Å². The van der Waals surface area contributed by atoms with Crippen molar-refractivity contribution in [3.8, 4) is 0 Å². The molecule has 1 aromatic heterocycles. The molecule has 4 nitrogen and oxygen atoms in total. The van der Waals surface area contributed by atoms with Crippen LogP contribution in [0, 0.1) is 6.92 Å². The smallest absolute Gasteiger partial charge is 0.227 e. The van der Waals surface area contributed by atoms with Crippen molar-refractivity contribution in [1.29, 1.82) is 0 Å². The van der Waals surface area contributed by atoms with Gasteiger partial charge in [-0.1, -0.05) is 19.9 Å². The molecular formula is C13H18N4. The molecule has 0 unspecified atom stereocenters. The van der Waals surface area contributed by atoms with Crippen LogP contribution in [0.2, 0.25) is 0 Å². The number of rotatable bonds is 2. The third-order valence-corrected chi connectivity index (χ3v) is 2.07. The van der Waals surface area contributed by atoms with Crippen LogP contribution < -0.4 is 11.1 Å². The molecule has 0 spiro atoms. The fourth-order valence-corrected chi connectivity index (χ4v) is 1.26. The van der Waals surface area contributed by atoms with Crippen LogP contribution >= 0.6 is 0 Å². The number of hydrogen-bond donors (Lipinski definition) is 2. The lowest BCUT2D eigenvalue weighted by atomic mass is 10.2. The summed E-state index contributed by atoms with van der Waals surface area (Å²) in [7, 11) is 0. The van der Waals surface area contributed by atoms with Crippen molar-refractivity contribution >= 4 is 17.3 Å². The van der Waals surface area contributed by atoms with E-state index in [-0.39, 0.29) is 0 Å². The number of nitrogens with one attached hydrogen (secondary N) is 1. The molecule has 4 heteroatoms. The van der Waals surface area contributed by atoms with Crippen molar-refractivity contribution in [2.45, 2.75) is 20.8 Å². The predicted molar refractivity (Wildman–Crippen MR) is 72.3 cm³/mol. The zero-order valence-electron chi connectivity index (χ0n) is 10.4. The summed E-state index contributed by atoms with van der Waals surface area (Å²) in [6.45, 7) is 6.00. The van der Waals surface area contributed by atoms with Crippen molar-refractivity contribution < 1.29 is 0 Å². The lowest BCUT2D eigenvalue weighted by Crippen LogP contribution is -1.98. The first-order valence-corrected chi connectivity index (χ1v) is 5.66. The Morgan fingerprint density at radius 2 is 1.76 bits per heavy atom. The van der Waals surface area contributed by atoms with Gasteiger partial charge in [-0.2, -0.15) is 0 Å². The van der Waals surface area contributed by atoms with Crippen LogP contribution in [0.4, 0.5) is 17.3 Å². The van der Waals surface area contributed by atoms with Gasteiger partial charge in [-0.15, -0.1) is 0 Å². The van der Waals surface area contributed by atoms with E-state index in [0.717, 1.165) is 16.9 Å². The molecule has 0 bridgehead atoms. The highest BCUT2D eigenvalue weighted by molar-refractivity contribution is 5.63. The van der Waals surface area contributed by atoms with Crippen LogP contribution in [0.3, 0.4) is 0 Å². The van der Waals surface area contributed by atoms with Gasteiger partial charge in [0.2, 0.25) is 5.95 Å². The maximum Gasteiger partial charge on any atom is 0.227 e. The summed E-state index contributed by atoms with van der Waals surface area (Å²) in [6, 6.07) is 7.47. The van der Waals surface area contributed by atoms with Gasteiger partial charge >= 0.3 is 0 Å². The zero-order chi connectivity index (χ0) is 12.7. The minimum absolute atomic E-state index is 0.575.